The van der Waals surface area contributed by atoms with Gasteiger partial charge in [0.2, 0.25) is 5.91 Å². The number of likely N-dealkylation sites (N-methyl/N-ethyl adjacent to an activating group) is 1. The van der Waals surface area contributed by atoms with Gasteiger partial charge in [-0.15, -0.1) is 0 Å². The fourth-order valence-electron chi connectivity index (χ4n) is 4.98. The molecular weight excluding hydrogens is 430 g/mol. The molecular formula is C26H37N5O3. The Kier molecular flexibility index (Phi) is 8.34. The number of piperidine rings is 1. The van der Waals surface area contributed by atoms with Crippen LogP contribution in [0.1, 0.15) is 43.0 Å². The molecule has 0 bridgehead atoms. The maximum absolute atomic E-state index is 13.0. The van der Waals surface area contributed by atoms with Gasteiger partial charge in [0.15, 0.2) is 0 Å². The number of rotatable bonds is 9. The van der Waals surface area contributed by atoms with Gasteiger partial charge in [0.05, 0.1) is 5.56 Å². The average Bonchev–Trinajstić information content (AvgIpc) is 3.25. The highest BCUT2D eigenvalue weighted by atomic mass is 16.2. The summed E-state index contributed by atoms with van der Waals surface area (Å²) in [4.78, 5) is 45.2. The molecule has 4 rings (SSSR count). The van der Waals surface area contributed by atoms with E-state index in [0.717, 1.165) is 77.1 Å². The Balaban J connectivity index is 1.33. The van der Waals surface area contributed by atoms with Crippen LogP contribution in [0.2, 0.25) is 0 Å². The van der Waals surface area contributed by atoms with Gasteiger partial charge in [-0.2, -0.15) is 0 Å². The molecule has 2 fully saturated rings. The number of nitrogens with zero attached hydrogens (tertiary/aromatic N) is 4. The summed E-state index contributed by atoms with van der Waals surface area (Å²) in [5.74, 6) is -1.07. The van der Waals surface area contributed by atoms with E-state index in [0.29, 0.717) is 17.5 Å². The van der Waals surface area contributed by atoms with E-state index >= 15 is 0 Å². The lowest BCUT2D eigenvalue weighted by atomic mass is 10.1. The van der Waals surface area contributed by atoms with Crippen molar-refractivity contribution in [3.63, 3.8) is 0 Å². The molecule has 184 valence electrons. The summed E-state index contributed by atoms with van der Waals surface area (Å²) in [7, 11) is 0. The van der Waals surface area contributed by atoms with Crippen molar-refractivity contribution in [2.45, 2.75) is 39.2 Å². The molecule has 0 atom stereocenters. The highest BCUT2D eigenvalue weighted by Crippen LogP contribution is 2.22. The second-order valence-electron chi connectivity index (χ2n) is 9.34. The van der Waals surface area contributed by atoms with Crippen molar-refractivity contribution in [1.29, 1.82) is 0 Å². The Bertz CT molecular complexity index is 1000. The lowest BCUT2D eigenvalue weighted by molar-refractivity contribution is -0.132. The maximum Gasteiger partial charge on any atom is 0.292 e. The Morgan fingerprint density at radius 1 is 0.912 bits per heavy atom. The first-order chi connectivity index (χ1) is 16.6. The van der Waals surface area contributed by atoms with Crippen molar-refractivity contribution in [3.8, 4) is 0 Å². The number of aromatic nitrogens is 1. The molecule has 3 heterocycles. The number of hydrogen-bond donors (Lipinski definition) is 1. The van der Waals surface area contributed by atoms with E-state index in [1.807, 2.05) is 33.7 Å². The van der Waals surface area contributed by atoms with Crippen LogP contribution in [0, 0.1) is 0 Å². The van der Waals surface area contributed by atoms with Crippen LogP contribution >= 0.6 is 0 Å². The number of piperazine rings is 1. The van der Waals surface area contributed by atoms with E-state index < -0.39 is 11.7 Å². The number of ketones is 1. The number of carbonyl (C=O) groups excluding carboxylic acids is 3. The molecule has 0 spiro atoms. The molecule has 2 aromatic rings. The summed E-state index contributed by atoms with van der Waals surface area (Å²) in [6.07, 6.45) is 5.73. The summed E-state index contributed by atoms with van der Waals surface area (Å²) in [5.41, 5.74) is 1.16. The van der Waals surface area contributed by atoms with Crippen molar-refractivity contribution in [2.24, 2.45) is 0 Å². The molecule has 8 heteroatoms. The summed E-state index contributed by atoms with van der Waals surface area (Å²) in [6.45, 7) is 10.7. The average molecular weight is 468 g/mol. The van der Waals surface area contributed by atoms with E-state index in [9.17, 15) is 14.4 Å². The maximum atomic E-state index is 13.0. The monoisotopic (exact) mass is 467 g/mol. The second-order valence-corrected chi connectivity index (χ2v) is 9.34. The highest BCUT2D eigenvalue weighted by Gasteiger charge is 2.23. The molecule has 34 heavy (non-hydrogen) atoms. The Hall–Kier alpha value is -2.71. The molecule has 0 aliphatic carbocycles. The molecule has 2 saturated heterocycles. The Morgan fingerprint density at radius 3 is 2.35 bits per heavy atom. The van der Waals surface area contributed by atoms with Crippen molar-refractivity contribution >= 4 is 28.5 Å². The lowest BCUT2D eigenvalue weighted by Gasteiger charge is -2.33. The minimum atomic E-state index is -0.582. The summed E-state index contributed by atoms with van der Waals surface area (Å²) < 4.78 is 1.81. The third-order valence-electron chi connectivity index (χ3n) is 7.10. The van der Waals surface area contributed by atoms with Gasteiger partial charge in [0.25, 0.3) is 11.7 Å². The first-order valence-electron chi connectivity index (χ1n) is 12.7. The molecule has 2 aliphatic rings. The molecule has 8 nitrogen and oxygen atoms in total. The first kappa shape index (κ1) is 24.4. The van der Waals surface area contributed by atoms with Crippen LogP contribution < -0.4 is 5.32 Å². The van der Waals surface area contributed by atoms with Crippen LogP contribution in [0.15, 0.2) is 30.5 Å². The van der Waals surface area contributed by atoms with E-state index in [-0.39, 0.29) is 12.5 Å². The number of benzene rings is 1. The van der Waals surface area contributed by atoms with Crippen LogP contribution in [0.5, 0.6) is 0 Å². The van der Waals surface area contributed by atoms with Gasteiger partial charge in [-0.25, -0.2) is 0 Å². The molecule has 0 saturated carbocycles. The fourth-order valence-corrected chi connectivity index (χ4v) is 4.98. The van der Waals surface area contributed by atoms with E-state index in [1.165, 1.54) is 6.42 Å². The Morgan fingerprint density at radius 2 is 1.62 bits per heavy atom. The molecule has 2 amide bonds. The van der Waals surface area contributed by atoms with Crippen LogP contribution in [-0.2, 0) is 16.1 Å². The number of Topliss-reactive ketones (excluding diaryl/α,β-unsaturated/α-hetero) is 1. The molecule has 1 N–H and O–H groups in total. The van der Waals surface area contributed by atoms with Crippen LogP contribution in [-0.4, -0.2) is 95.8 Å². The van der Waals surface area contributed by atoms with Crippen molar-refractivity contribution < 1.29 is 14.4 Å². The van der Waals surface area contributed by atoms with Gasteiger partial charge < -0.3 is 24.6 Å². The second kappa shape index (κ2) is 11.6. The number of fused-ring (bicyclic) bond motifs is 1. The fraction of sp³-hybridized carbons (Fsp3) is 0.577. The zero-order valence-corrected chi connectivity index (χ0v) is 20.3. The standard InChI is InChI=1S/C26H37N5O3/c1-2-28-15-17-29(18-16-28)12-8-11-27-26(34)25(33)22-19-31(23-10-5-4-9-21(22)23)20-24(32)30-13-6-3-7-14-30/h4-5,9-10,19H,2-3,6-8,11-18,20H2,1H3,(H,27,34). The van der Waals surface area contributed by atoms with Gasteiger partial charge >= 0.3 is 0 Å². The number of para-hydroxylation sites is 1. The largest absolute Gasteiger partial charge is 0.349 e. The van der Waals surface area contributed by atoms with Crippen LogP contribution in [0.25, 0.3) is 10.9 Å². The molecule has 0 radical (unpaired) electrons. The third-order valence-corrected chi connectivity index (χ3v) is 7.10. The molecule has 2 aliphatic heterocycles. The molecule has 0 unspecified atom stereocenters. The van der Waals surface area contributed by atoms with Gasteiger partial charge in [-0.1, -0.05) is 25.1 Å². The number of nitrogens with one attached hydrogen (secondary N) is 1. The lowest BCUT2D eigenvalue weighted by Crippen LogP contribution is -2.46. The van der Waals surface area contributed by atoms with Gasteiger partial charge in [-0.05, 0) is 44.8 Å². The number of carbonyl (C=O) groups is 3. The van der Waals surface area contributed by atoms with Gasteiger partial charge in [0.1, 0.15) is 6.54 Å². The molecule has 1 aromatic heterocycles. The molecule has 1 aromatic carbocycles. The third kappa shape index (κ3) is 5.85. The van der Waals surface area contributed by atoms with Crippen LogP contribution in [0.3, 0.4) is 0 Å². The predicted molar refractivity (Wildman–Crippen MR) is 133 cm³/mol. The summed E-state index contributed by atoms with van der Waals surface area (Å²) in [5, 5.41) is 3.51. The van der Waals surface area contributed by atoms with Crippen molar-refractivity contribution in [2.75, 3.05) is 58.9 Å². The van der Waals surface area contributed by atoms with E-state index in [2.05, 4.69) is 22.0 Å². The van der Waals surface area contributed by atoms with E-state index in [1.54, 1.807) is 6.20 Å². The smallest absolute Gasteiger partial charge is 0.292 e. The minimum Gasteiger partial charge on any atom is -0.349 e. The predicted octanol–water partition coefficient (Wildman–Crippen LogP) is 1.98. The van der Waals surface area contributed by atoms with E-state index in [4.69, 9.17) is 0 Å². The number of likely N-dealkylation sites (tertiary alicyclic amines) is 1. The van der Waals surface area contributed by atoms with Gasteiger partial charge in [0, 0.05) is 62.9 Å². The topological polar surface area (TPSA) is 77.9 Å². The first-order valence-corrected chi connectivity index (χ1v) is 12.7. The highest BCUT2D eigenvalue weighted by molar-refractivity contribution is 6.45. The summed E-state index contributed by atoms with van der Waals surface area (Å²) in [6, 6.07) is 7.48. The van der Waals surface area contributed by atoms with Crippen LogP contribution in [0.4, 0.5) is 0 Å². The normalized spacial score (nSPS) is 17.7. The van der Waals surface area contributed by atoms with Gasteiger partial charge in [-0.3, -0.25) is 14.4 Å². The summed E-state index contributed by atoms with van der Waals surface area (Å²) >= 11 is 0. The SMILES string of the molecule is CCN1CCN(CCCNC(=O)C(=O)c2cn(CC(=O)N3CCCCC3)c3ccccc23)CC1. The van der Waals surface area contributed by atoms with Crippen molar-refractivity contribution in [3.05, 3.63) is 36.0 Å². The number of amides is 2. The minimum absolute atomic E-state index is 0.0590. The zero-order chi connectivity index (χ0) is 23.9. The number of hydrogen-bond acceptors (Lipinski definition) is 5. The zero-order valence-electron chi connectivity index (χ0n) is 20.3. The Labute approximate surface area is 201 Å². The quantitative estimate of drug-likeness (QED) is 0.347. The van der Waals surface area contributed by atoms with Crippen molar-refractivity contribution in [1.82, 2.24) is 24.6 Å².